The molecule has 0 bridgehead atoms. The van der Waals surface area contributed by atoms with Gasteiger partial charge in [-0.25, -0.2) is 0 Å². The molecule has 0 spiro atoms. The highest BCUT2D eigenvalue weighted by molar-refractivity contribution is 5.86. The Kier molecular flexibility index (Phi) is 5.12. The standard InChI is InChI=1S/C22H26N2O2/c25-13-11-16-5-1-3-7-20(16)23-12-14-26-17-9-10-19-18-6-2-4-8-21(18)24-22(19)15-17/h1,3,5,7,9-10,15,23-25H,2,4,6,8,11-14H2. The average Bonchev–Trinajstić information content (AvgIpc) is 3.04. The predicted molar refractivity (Wildman–Crippen MR) is 106 cm³/mol. The third-order valence-electron chi connectivity index (χ3n) is 5.15. The Hall–Kier alpha value is -2.46. The Morgan fingerprint density at radius 3 is 2.88 bits per heavy atom. The minimum atomic E-state index is 0.162. The van der Waals surface area contributed by atoms with E-state index in [2.05, 4.69) is 28.5 Å². The largest absolute Gasteiger partial charge is 0.492 e. The lowest BCUT2D eigenvalue weighted by atomic mass is 9.96. The molecule has 4 nitrogen and oxygen atoms in total. The summed E-state index contributed by atoms with van der Waals surface area (Å²) in [7, 11) is 0. The van der Waals surface area contributed by atoms with Crippen molar-refractivity contribution in [3.05, 3.63) is 59.3 Å². The van der Waals surface area contributed by atoms with Gasteiger partial charge in [0.2, 0.25) is 0 Å². The Bertz CT molecular complexity index is 885. The van der Waals surface area contributed by atoms with Crippen LogP contribution < -0.4 is 10.1 Å². The number of aryl methyl sites for hydroxylation is 2. The number of aliphatic hydroxyl groups excluding tert-OH is 1. The normalized spacial score (nSPS) is 13.6. The Morgan fingerprint density at radius 2 is 1.96 bits per heavy atom. The first-order valence-corrected chi connectivity index (χ1v) is 9.54. The third-order valence-corrected chi connectivity index (χ3v) is 5.15. The number of anilines is 1. The number of H-pyrrole nitrogens is 1. The first kappa shape index (κ1) is 17.0. The fourth-order valence-corrected chi connectivity index (χ4v) is 3.87. The van der Waals surface area contributed by atoms with Crippen LogP contribution in [-0.2, 0) is 19.3 Å². The molecule has 0 atom stereocenters. The highest BCUT2D eigenvalue weighted by atomic mass is 16.5. The maximum atomic E-state index is 9.16. The van der Waals surface area contributed by atoms with E-state index in [1.165, 1.54) is 41.4 Å². The van der Waals surface area contributed by atoms with Gasteiger partial charge in [-0.05, 0) is 61.4 Å². The van der Waals surface area contributed by atoms with E-state index < -0.39 is 0 Å². The van der Waals surface area contributed by atoms with Crippen LogP contribution in [0.1, 0.15) is 29.7 Å². The van der Waals surface area contributed by atoms with Crippen molar-refractivity contribution in [3.63, 3.8) is 0 Å². The van der Waals surface area contributed by atoms with Crippen molar-refractivity contribution in [1.82, 2.24) is 4.98 Å². The minimum absolute atomic E-state index is 0.162. The van der Waals surface area contributed by atoms with Crippen LogP contribution in [0.5, 0.6) is 5.75 Å². The van der Waals surface area contributed by atoms with Gasteiger partial charge in [0.25, 0.3) is 0 Å². The molecule has 26 heavy (non-hydrogen) atoms. The Morgan fingerprint density at radius 1 is 1.08 bits per heavy atom. The number of benzene rings is 2. The van der Waals surface area contributed by atoms with Gasteiger partial charge in [-0.3, -0.25) is 0 Å². The lowest BCUT2D eigenvalue weighted by molar-refractivity contribution is 0.299. The first-order chi connectivity index (χ1) is 12.8. The van der Waals surface area contributed by atoms with Gasteiger partial charge in [0.15, 0.2) is 0 Å². The van der Waals surface area contributed by atoms with Crippen LogP contribution in [0.25, 0.3) is 10.9 Å². The van der Waals surface area contributed by atoms with E-state index in [4.69, 9.17) is 9.84 Å². The van der Waals surface area contributed by atoms with E-state index in [1.807, 2.05) is 24.3 Å². The lowest BCUT2D eigenvalue weighted by Gasteiger charge is -2.12. The van der Waals surface area contributed by atoms with E-state index in [1.54, 1.807) is 0 Å². The molecule has 0 amide bonds. The van der Waals surface area contributed by atoms with Crippen LogP contribution in [0.2, 0.25) is 0 Å². The Labute approximate surface area is 154 Å². The number of fused-ring (bicyclic) bond motifs is 3. The summed E-state index contributed by atoms with van der Waals surface area (Å²) in [5.74, 6) is 0.904. The number of rotatable bonds is 7. The zero-order chi connectivity index (χ0) is 17.8. The van der Waals surface area contributed by atoms with E-state index in [9.17, 15) is 0 Å². The highest BCUT2D eigenvalue weighted by Crippen LogP contribution is 2.31. The van der Waals surface area contributed by atoms with E-state index in [0.29, 0.717) is 13.0 Å². The van der Waals surface area contributed by atoms with Gasteiger partial charge in [-0.2, -0.15) is 0 Å². The quantitative estimate of drug-likeness (QED) is 0.563. The number of para-hydroxylation sites is 1. The maximum Gasteiger partial charge on any atom is 0.121 e. The molecule has 1 aliphatic carbocycles. The van der Waals surface area contributed by atoms with Crippen LogP contribution in [0.15, 0.2) is 42.5 Å². The summed E-state index contributed by atoms with van der Waals surface area (Å²) in [4.78, 5) is 3.57. The summed E-state index contributed by atoms with van der Waals surface area (Å²) in [5.41, 5.74) is 6.30. The van der Waals surface area contributed by atoms with Crippen molar-refractivity contribution in [2.24, 2.45) is 0 Å². The van der Waals surface area contributed by atoms with Crippen LogP contribution in [0, 0.1) is 0 Å². The number of aromatic amines is 1. The highest BCUT2D eigenvalue weighted by Gasteiger charge is 2.15. The lowest BCUT2D eigenvalue weighted by Crippen LogP contribution is -2.12. The van der Waals surface area contributed by atoms with Crippen LogP contribution in [0.4, 0.5) is 5.69 Å². The molecule has 0 unspecified atom stereocenters. The second-order valence-electron chi connectivity index (χ2n) is 6.90. The number of ether oxygens (including phenoxy) is 1. The fraction of sp³-hybridized carbons (Fsp3) is 0.364. The molecule has 1 aliphatic rings. The molecule has 0 aliphatic heterocycles. The van der Waals surface area contributed by atoms with Crippen molar-refractivity contribution in [2.45, 2.75) is 32.1 Å². The SMILES string of the molecule is OCCc1ccccc1NCCOc1ccc2c3c([nH]c2c1)CCCC3. The molecule has 3 aromatic rings. The topological polar surface area (TPSA) is 57.3 Å². The molecule has 0 radical (unpaired) electrons. The number of aromatic nitrogens is 1. The maximum absolute atomic E-state index is 9.16. The molecule has 0 saturated carbocycles. The number of hydrogen-bond donors (Lipinski definition) is 3. The van der Waals surface area contributed by atoms with Gasteiger partial charge in [0, 0.05) is 41.5 Å². The fourth-order valence-electron chi connectivity index (χ4n) is 3.87. The van der Waals surface area contributed by atoms with Crippen molar-refractivity contribution >= 4 is 16.6 Å². The zero-order valence-corrected chi connectivity index (χ0v) is 15.1. The van der Waals surface area contributed by atoms with Gasteiger partial charge in [0.05, 0.1) is 0 Å². The molecular formula is C22H26N2O2. The smallest absolute Gasteiger partial charge is 0.121 e. The summed E-state index contributed by atoms with van der Waals surface area (Å²) < 4.78 is 5.94. The summed E-state index contributed by atoms with van der Waals surface area (Å²) >= 11 is 0. The van der Waals surface area contributed by atoms with Crippen molar-refractivity contribution in [2.75, 3.05) is 25.1 Å². The summed E-state index contributed by atoms with van der Waals surface area (Å²) in [6.45, 7) is 1.48. The molecule has 2 aromatic carbocycles. The monoisotopic (exact) mass is 350 g/mol. The molecule has 136 valence electrons. The number of aliphatic hydroxyl groups is 1. The third kappa shape index (κ3) is 3.56. The van der Waals surface area contributed by atoms with Crippen LogP contribution in [0.3, 0.4) is 0 Å². The molecule has 3 N–H and O–H groups in total. The Balaban J connectivity index is 1.36. The molecular weight excluding hydrogens is 324 g/mol. The second-order valence-corrected chi connectivity index (χ2v) is 6.90. The van der Waals surface area contributed by atoms with Crippen molar-refractivity contribution < 1.29 is 9.84 Å². The van der Waals surface area contributed by atoms with Gasteiger partial charge in [-0.1, -0.05) is 18.2 Å². The number of nitrogens with one attached hydrogen (secondary N) is 2. The molecule has 0 fully saturated rings. The van der Waals surface area contributed by atoms with Crippen molar-refractivity contribution in [3.8, 4) is 5.75 Å². The predicted octanol–water partition coefficient (Wildman–Crippen LogP) is 4.07. The molecule has 1 heterocycles. The van der Waals surface area contributed by atoms with Crippen LogP contribution >= 0.6 is 0 Å². The van der Waals surface area contributed by atoms with E-state index in [0.717, 1.165) is 30.0 Å². The second kappa shape index (κ2) is 7.83. The van der Waals surface area contributed by atoms with Crippen molar-refractivity contribution in [1.29, 1.82) is 0 Å². The van der Waals surface area contributed by atoms with Gasteiger partial charge in [0.1, 0.15) is 12.4 Å². The van der Waals surface area contributed by atoms with E-state index in [-0.39, 0.29) is 6.61 Å². The average molecular weight is 350 g/mol. The van der Waals surface area contributed by atoms with E-state index >= 15 is 0 Å². The molecule has 4 rings (SSSR count). The van der Waals surface area contributed by atoms with Gasteiger partial charge < -0.3 is 20.1 Å². The molecule has 1 aromatic heterocycles. The molecule has 0 saturated heterocycles. The number of hydrogen-bond acceptors (Lipinski definition) is 3. The van der Waals surface area contributed by atoms with Gasteiger partial charge in [-0.15, -0.1) is 0 Å². The first-order valence-electron chi connectivity index (χ1n) is 9.54. The van der Waals surface area contributed by atoms with Gasteiger partial charge >= 0.3 is 0 Å². The molecule has 4 heteroatoms. The summed E-state index contributed by atoms with van der Waals surface area (Å²) in [6.07, 6.45) is 5.59. The zero-order valence-electron chi connectivity index (χ0n) is 15.1. The summed E-state index contributed by atoms with van der Waals surface area (Å²) in [5, 5.41) is 13.9. The van der Waals surface area contributed by atoms with Crippen LogP contribution in [-0.4, -0.2) is 29.8 Å². The minimum Gasteiger partial charge on any atom is -0.492 e. The summed E-state index contributed by atoms with van der Waals surface area (Å²) in [6, 6.07) is 14.5.